The third-order valence-corrected chi connectivity index (χ3v) is 2.43. The van der Waals surface area contributed by atoms with Crippen molar-refractivity contribution in [1.29, 1.82) is 0 Å². The van der Waals surface area contributed by atoms with Crippen LogP contribution in [0, 0.1) is 0 Å². The van der Waals surface area contributed by atoms with E-state index in [1.165, 1.54) is 5.56 Å². The van der Waals surface area contributed by atoms with Gasteiger partial charge in [0.1, 0.15) is 0 Å². The van der Waals surface area contributed by atoms with E-state index in [1.807, 2.05) is 24.5 Å². The normalized spacial score (nSPS) is 12.7. The molecule has 84 valence electrons. The van der Waals surface area contributed by atoms with Crippen LogP contribution < -0.4 is 5.32 Å². The summed E-state index contributed by atoms with van der Waals surface area (Å²) in [5.41, 5.74) is 1.29. The Morgan fingerprint density at radius 3 is 2.73 bits per heavy atom. The zero-order chi connectivity index (χ0) is 10.9. The zero-order valence-electron chi connectivity index (χ0n) is 9.57. The quantitative estimate of drug-likeness (QED) is 0.697. The molecule has 0 radical (unpaired) electrons. The van der Waals surface area contributed by atoms with E-state index in [0.29, 0.717) is 6.04 Å². The average molecular weight is 208 g/mol. The second-order valence-corrected chi connectivity index (χ2v) is 3.66. The Morgan fingerprint density at radius 2 is 2.07 bits per heavy atom. The first-order valence-corrected chi connectivity index (χ1v) is 5.47. The lowest BCUT2D eigenvalue weighted by molar-refractivity contribution is 0.192. The maximum absolute atomic E-state index is 5.00. The maximum Gasteiger partial charge on any atom is 0.0462 e. The maximum atomic E-state index is 5.00. The van der Waals surface area contributed by atoms with Crippen molar-refractivity contribution in [2.75, 3.05) is 20.3 Å². The van der Waals surface area contributed by atoms with Crippen LogP contribution in [0.15, 0.2) is 24.5 Å². The van der Waals surface area contributed by atoms with Crippen LogP contribution in [-0.2, 0) is 4.74 Å². The van der Waals surface area contributed by atoms with Gasteiger partial charge in [-0.25, -0.2) is 0 Å². The van der Waals surface area contributed by atoms with Crippen molar-refractivity contribution in [1.82, 2.24) is 10.3 Å². The molecule has 0 aliphatic carbocycles. The summed E-state index contributed by atoms with van der Waals surface area (Å²) in [7, 11) is 1.74. The molecule has 0 fully saturated rings. The van der Waals surface area contributed by atoms with Crippen LogP contribution in [0.5, 0.6) is 0 Å². The van der Waals surface area contributed by atoms with Gasteiger partial charge in [0.25, 0.3) is 0 Å². The largest absolute Gasteiger partial charge is 0.385 e. The summed E-state index contributed by atoms with van der Waals surface area (Å²) >= 11 is 0. The molecule has 1 aromatic rings. The Hall–Kier alpha value is -0.930. The van der Waals surface area contributed by atoms with Gasteiger partial charge < -0.3 is 10.1 Å². The van der Waals surface area contributed by atoms with Crippen LogP contribution in [-0.4, -0.2) is 25.2 Å². The summed E-state index contributed by atoms with van der Waals surface area (Å²) in [5.74, 6) is 0. The van der Waals surface area contributed by atoms with Crippen LogP contribution in [0.25, 0.3) is 0 Å². The summed E-state index contributed by atoms with van der Waals surface area (Å²) in [6, 6.07) is 4.50. The lowest BCUT2D eigenvalue weighted by Gasteiger charge is -2.13. The molecule has 1 unspecified atom stereocenters. The number of aromatic nitrogens is 1. The Morgan fingerprint density at radius 1 is 1.33 bits per heavy atom. The van der Waals surface area contributed by atoms with Crippen molar-refractivity contribution in [3.05, 3.63) is 30.1 Å². The molecule has 1 heterocycles. The molecule has 1 N–H and O–H groups in total. The van der Waals surface area contributed by atoms with Crippen LogP contribution in [0.4, 0.5) is 0 Å². The summed E-state index contributed by atoms with van der Waals surface area (Å²) < 4.78 is 5.00. The molecule has 0 saturated carbocycles. The smallest absolute Gasteiger partial charge is 0.0462 e. The average Bonchev–Trinajstić information content (AvgIpc) is 2.30. The molecule has 0 spiro atoms. The first-order valence-electron chi connectivity index (χ1n) is 5.47. The van der Waals surface area contributed by atoms with Gasteiger partial charge in [0, 0.05) is 32.2 Å². The SMILES string of the molecule is COCCCCNC(C)c1ccncc1. The van der Waals surface area contributed by atoms with E-state index in [9.17, 15) is 0 Å². The van der Waals surface area contributed by atoms with E-state index in [-0.39, 0.29) is 0 Å². The fourth-order valence-electron chi connectivity index (χ4n) is 1.46. The van der Waals surface area contributed by atoms with E-state index in [0.717, 1.165) is 26.0 Å². The molecule has 0 amide bonds. The molecular weight excluding hydrogens is 188 g/mol. The first kappa shape index (κ1) is 12.1. The highest BCUT2D eigenvalue weighted by atomic mass is 16.5. The van der Waals surface area contributed by atoms with Crippen molar-refractivity contribution in [2.45, 2.75) is 25.8 Å². The van der Waals surface area contributed by atoms with Gasteiger partial charge in [-0.3, -0.25) is 4.98 Å². The topological polar surface area (TPSA) is 34.1 Å². The molecule has 0 aliphatic heterocycles. The van der Waals surface area contributed by atoms with Crippen LogP contribution >= 0.6 is 0 Å². The molecule has 0 bridgehead atoms. The summed E-state index contributed by atoms with van der Waals surface area (Å²) in [5, 5.41) is 3.47. The molecule has 0 saturated heterocycles. The van der Waals surface area contributed by atoms with Gasteiger partial charge in [0.15, 0.2) is 0 Å². The summed E-state index contributed by atoms with van der Waals surface area (Å²) in [6.45, 7) is 4.06. The predicted molar refractivity (Wildman–Crippen MR) is 61.8 cm³/mol. The number of nitrogens with one attached hydrogen (secondary N) is 1. The number of pyridine rings is 1. The number of nitrogens with zero attached hydrogens (tertiary/aromatic N) is 1. The third kappa shape index (κ3) is 4.91. The highest BCUT2D eigenvalue weighted by molar-refractivity contribution is 5.13. The highest BCUT2D eigenvalue weighted by Crippen LogP contribution is 2.09. The molecule has 3 nitrogen and oxygen atoms in total. The predicted octanol–water partition coefficient (Wildman–Crippen LogP) is 2.16. The number of unbranched alkanes of at least 4 members (excludes halogenated alkanes) is 1. The Bertz CT molecular complexity index is 251. The molecule has 0 aliphatic rings. The van der Waals surface area contributed by atoms with Crippen LogP contribution in [0.3, 0.4) is 0 Å². The van der Waals surface area contributed by atoms with E-state index in [2.05, 4.69) is 17.2 Å². The lowest BCUT2D eigenvalue weighted by atomic mass is 10.1. The minimum Gasteiger partial charge on any atom is -0.385 e. The molecule has 1 atom stereocenters. The van der Waals surface area contributed by atoms with Crippen LogP contribution in [0.2, 0.25) is 0 Å². The van der Waals surface area contributed by atoms with Gasteiger partial charge in [-0.2, -0.15) is 0 Å². The minimum atomic E-state index is 0.399. The molecule has 1 rings (SSSR count). The van der Waals surface area contributed by atoms with Crippen molar-refractivity contribution < 1.29 is 4.74 Å². The Balaban J connectivity index is 2.16. The molecular formula is C12H20N2O. The van der Waals surface area contributed by atoms with Gasteiger partial charge in [-0.15, -0.1) is 0 Å². The van der Waals surface area contributed by atoms with Gasteiger partial charge in [-0.05, 0) is 44.0 Å². The van der Waals surface area contributed by atoms with E-state index < -0.39 is 0 Å². The fraction of sp³-hybridized carbons (Fsp3) is 0.583. The molecule has 0 aromatic carbocycles. The van der Waals surface area contributed by atoms with Crippen LogP contribution in [0.1, 0.15) is 31.4 Å². The van der Waals surface area contributed by atoms with E-state index in [1.54, 1.807) is 7.11 Å². The van der Waals surface area contributed by atoms with Gasteiger partial charge >= 0.3 is 0 Å². The number of rotatable bonds is 7. The summed E-state index contributed by atoms with van der Waals surface area (Å²) in [6.07, 6.45) is 5.94. The lowest BCUT2D eigenvalue weighted by Crippen LogP contribution is -2.20. The standard InChI is InChI=1S/C12H20N2O/c1-11(12-5-8-13-9-6-12)14-7-3-4-10-15-2/h5-6,8-9,11,14H,3-4,7,10H2,1-2H3. The zero-order valence-corrected chi connectivity index (χ0v) is 9.57. The van der Waals surface area contributed by atoms with Crippen molar-refractivity contribution in [2.24, 2.45) is 0 Å². The molecule has 3 heteroatoms. The second kappa shape index (κ2) is 7.37. The Labute approximate surface area is 91.9 Å². The highest BCUT2D eigenvalue weighted by Gasteiger charge is 2.02. The second-order valence-electron chi connectivity index (χ2n) is 3.66. The monoisotopic (exact) mass is 208 g/mol. The Kier molecular flexibility index (Phi) is 5.97. The van der Waals surface area contributed by atoms with Gasteiger partial charge in [0.05, 0.1) is 0 Å². The number of hydrogen-bond acceptors (Lipinski definition) is 3. The number of hydrogen-bond donors (Lipinski definition) is 1. The molecule has 15 heavy (non-hydrogen) atoms. The van der Waals surface area contributed by atoms with Crippen molar-refractivity contribution in [3.63, 3.8) is 0 Å². The first-order chi connectivity index (χ1) is 7.34. The fourth-order valence-corrected chi connectivity index (χ4v) is 1.46. The van der Waals surface area contributed by atoms with Crippen molar-refractivity contribution in [3.8, 4) is 0 Å². The van der Waals surface area contributed by atoms with Gasteiger partial charge in [-0.1, -0.05) is 0 Å². The van der Waals surface area contributed by atoms with Crippen molar-refractivity contribution >= 4 is 0 Å². The number of methoxy groups -OCH3 is 1. The third-order valence-electron chi connectivity index (χ3n) is 2.43. The minimum absolute atomic E-state index is 0.399. The van der Waals surface area contributed by atoms with Gasteiger partial charge in [0.2, 0.25) is 0 Å². The molecule has 1 aromatic heterocycles. The summed E-state index contributed by atoms with van der Waals surface area (Å²) in [4.78, 5) is 4.00. The number of ether oxygens (including phenoxy) is 1. The van der Waals surface area contributed by atoms with E-state index in [4.69, 9.17) is 4.74 Å². The van der Waals surface area contributed by atoms with E-state index >= 15 is 0 Å².